The van der Waals surface area contributed by atoms with Gasteiger partial charge in [-0.25, -0.2) is 0 Å². The van der Waals surface area contributed by atoms with Gasteiger partial charge in [0.15, 0.2) is 5.82 Å². The first-order valence-corrected chi connectivity index (χ1v) is 10.8. The number of nitrogens with one attached hydrogen (secondary N) is 1. The van der Waals surface area contributed by atoms with Gasteiger partial charge >= 0.3 is 0 Å². The SMILES string of the molecule is Cn1cc(-c2ccc(-c3cc4c(nn3)N([C@@H]3CC5CN[C@@H](C5)C3)C(=O)C4)c(O)c2)cn1. The minimum absolute atomic E-state index is 0.101. The van der Waals surface area contributed by atoms with Crippen molar-refractivity contribution >= 4 is 11.7 Å². The van der Waals surface area contributed by atoms with E-state index in [0.717, 1.165) is 36.1 Å². The molecule has 1 saturated heterocycles. The minimum atomic E-state index is 0.101. The molecule has 8 nitrogen and oxygen atoms in total. The van der Waals surface area contributed by atoms with E-state index in [4.69, 9.17) is 0 Å². The summed E-state index contributed by atoms with van der Waals surface area (Å²) in [5.41, 5.74) is 3.88. The van der Waals surface area contributed by atoms with Gasteiger partial charge in [0.05, 0.1) is 18.3 Å². The molecule has 2 N–H and O–H groups in total. The van der Waals surface area contributed by atoms with E-state index < -0.39 is 0 Å². The molecule has 3 atom stereocenters. The Morgan fingerprint density at radius 2 is 2.03 bits per heavy atom. The van der Waals surface area contributed by atoms with E-state index in [9.17, 15) is 9.90 Å². The monoisotopic (exact) mass is 416 g/mol. The number of benzene rings is 1. The molecular formula is C23H24N6O2. The fourth-order valence-electron chi connectivity index (χ4n) is 5.41. The van der Waals surface area contributed by atoms with E-state index in [1.54, 1.807) is 16.9 Å². The number of phenols is 1. The predicted octanol–water partition coefficient (Wildman–Crippen LogP) is 2.28. The maximum atomic E-state index is 12.9. The van der Waals surface area contributed by atoms with Crippen LogP contribution in [0.5, 0.6) is 5.75 Å². The molecule has 2 aromatic heterocycles. The van der Waals surface area contributed by atoms with Crippen LogP contribution in [0.1, 0.15) is 24.8 Å². The number of aromatic hydroxyl groups is 1. The van der Waals surface area contributed by atoms with Crippen molar-refractivity contribution in [1.29, 1.82) is 0 Å². The molecule has 4 heterocycles. The molecule has 31 heavy (non-hydrogen) atoms. The second kappa shape index (κ2) is 6.88. The molecule has 2 fully saturated rings. The average Bonchev–Trinajstić information content (AvgIpc) is 3.43. The topological polar surface area (TPSA) is 96.2 Å². The van der Waals surface area contributed by atoms with Crippen molar-refractivity contribution in [2.24, 2.45) is 13.0 Å². The zero-order valence-electron chi connectivity index (χ0n) is 17.3. The van der Waals surface area contributed by atoms with Gasteiger partial charge in [0, 0.05) is 42.0 Å². The second-order valence-electron chi connectivity index (χ2n) is 8.99. The summed E-state index contributed by atoms with van der Waals surface area (Å²) >= 11 is 0. The molecule has 2 aliphatic heterocycles. The summed E-state index contributed by atoms with van der Waals surface area (Å²) in [4.78, 5) is 14.7. The van der Waals surface area contributed by atoms with Gasteiger partial charge in [0.1, 0.15) is 5.75 Å². The lowest BCUT2D eigenvalue weighted by Crippen LogP contribution is -2.43. The zero-order chi connectivity index (χ0) is 21.1. The third-order valence-electron chi connectivity index (χ3n) is 6.84. The number of phenolic OH excluding ortho intramolecular Hbond substituents is 1. The molecule has 1 aromatic carbocycles. The van der Waals surface area contributed by atoms with E-state index in [2.05, 4.69) is 20.6 Å². The molecule has 1 amide bonds. The Hall–Kier alpha value is -3.26. The van der Waals surface area contributed by atoms with Crippen LogP contribution in [0.15, 0.2) is 36.7 Å². The lowest BCUT2D eigenvalue weighted by molar-refractivity contribution is -0.118. The number of nitrogens with zero attached hydrogens (tertiary/aromatic N) is 5. The molecule has 158 valence electrons. The number of amides is 1. The highest BCUT2D eigenvalue weighted by Crippen LogP contribution is 2.39. The number of aryl methyl sites for hydroxylation is 1. The van der Waals surface area contributed by atoms with E-state index in [-0.39, 0.29) is 17.7 Å². The molecule has 1 aliphatic carbocycles. The number of hydrogen-bond acceptors (Lipinski definition) is 6. The third-order valence-corrected chi connectivity index (χ3v) is 6.84. The highest BCUT2D eigenvalue weighted by atomic mass is 16.3. The lowest BCUT2D eigenvalue weighted by atomic mass is 9.86. The van der Waals surface area contributed by atoms with Crippen LogP contribution in [0.2, 0.25) is 0 Å². The first kappa shape index (κ1) is 18.5. The number of anilines is 1. The van der Waals surface area contributed by atoms with Crippen LogP contribution >= 0.6 is 0 Å². The van der Waals surface area contributed by atoms with Crippen LogP contribution in [0.4, 0.5) is 5.82 Å². The summed E-state index contributed by atoms with van der Waals surface area (Å²) in [6.07, 6.45) is 7.21. The molecule has 6 rings (SSSR count). The first-order valence-electron chi connectivity index (χ1n) is 10.8. The summed E-state index contributed by atoms with van der Waals surface area (Å²) in [5, 5.41) is 27.2. The summed E-state index contributed by atoms with van der Waals surface area (Å²) in [6.45, 7) is 1.05. The van der Waals surface area contributed by atoms with Crippen molar-refractivity contribution < 1.29 is 9.90 Å². The van der Waals surface area contributed by atoms with E-state index in [1.807, 2.05) is 36.3 Å². The molecule has 2 bridgehead atoms. The number of hydrogen-bond donors (Lipinski definition) is 2. The quantitative estimate of drug-likeness (QED) is 0.680. The van der Waals surface area contributed by atoms with E-state index in [1.165, 1.54) is 6.42 Å². The fraction of sp³-hybridized carbons (Fsp3) is 0.391. The second-order valence-corrected chi connectivity index (χ2v) is 8.99. The van der Waals surface area contributed by atoms with Crippen molar-refractivity contribution in [3.8, 4) is 28.1 Å². The van der Waals surface area contributed by atoms with Gasteiger partial charge in [0.25, 0.3) is 0 Å². The smallest absolute Gasteiger partial charge is 0.233 e. The van der Waals surface area contributed by atoms with Crippen LogP contribution in [0.25, 0.3) is 22.4 Å². The Balaban J connectivity index is 1.30. The Morgan fingerprint density at radius 1 is 1.13 bits per heavy atom. The molecule has 3 aliphatic rings. The average molecular weight is 416 g/mol. The first-order chi connectivity index (χ1) is 15.0. The van der Waals surface area contributed by atoms with Crippen LogP contribution < -0.4 is 10.2 Å². The minimum Gasteiger partial charge on any atom is -0.507 e. The van der Waals surface area contributed by atoms with E-state index >= 15 is 0 Å². The highest BCUT2D eigenvalue weighted by Gasteiger charge is 2.42. The largest absolute Gasteiger partial charge is 0.507 e. The maximum absolute atomic E-state index is 12.9. The van der Waals surface area contributed by atoms with Gasteiger partial charge in [-0.1, -0.05) is 6.07 Å². The third kappa shape index (κ3) is 3.09. The maximum Gasteiger partial charge on any atom is 0.233 e. The van der Waals surface area contributed by atoms with Gasteiger partial charge in [-0.3, -0.25) is 14.4 Å². The summed E-state index contributed by atoms with van der Waals surface area (Å²) in [7, 11) is 1.86. The number of aromatic nitrogens is 4. The molecule has 0 spiro atoms. The standard InChI is InChI=1S/C23H24N6O2/c1-28-12-16(11-25-28)14-2-3-19(21(30)7-14)20-6-15-8-22(31)29(23(15)27-26-20)18-5-13-4-17(9-18)24-10-13/h2-3,6-7,11-13,17-18,24,30H,4-5,8-10H2,1H3/t13?,17-,18+/m0/s1. The summed E-state index contributed by atoms with van der Waals surface area (Å²) in [5.74, 6) is 1.56. The Morgan fingerprint density at radius 3 is 2.81 bits per heavy atom. The van der Waals surface area contributed by atoms with Crippen molar-refractivity contribution in [2.75, 3.05) is 11.4 Å². The van der Waals surface area contributed by atoms with Gasteiger partial charge < -0.3 is 10.4 Å². The molecule has 3 aromatic rings. The van der Waals surface area contributed by atoms with Gasteiger partial charge in [-0.2, -0.15) is 5.10 Å². The van der Waals surface area contributed by atoms with Gasteiger partial charge in [-0.05, 0) is 55.5 Å². The predicted molar refractivity (Wildman–Crippen MR) is 115 cm³/mol. The van der Waals surface area contributed by atoms with Crippen LogP contribution in [0.3, 0.4) is 0 Å². The molecular weight excluding hydrogens is 392 g/mol. The fourth-order valence-corrected chi connectivity index (χ4v) is 5.41. The Bertz CT molecular complexity index is 1180. The summed E-state index contributed by atoms with van der Waals surface area (Å²) < 4.78 is 1.73. The van der Waals surface area contributed by atoms with Crippen molar-refractivity contribution in [2.45, 2.75) is 37.8 Å². The molecule has 1 saturated carbocycles. The van der Waals surface area contributed by atoms with Crippen LogP contribution in [0, 0.1) is 5.92 Å². The lowest BCUT2D eigenvalue weighted by Gasteiger charge is -2.33. The van der Waals surface area contributed by atoms with Crippen LogP contribution in [-0.4, -0.2) is 49.6 Å². The molecule has 8 heteroatoms. The summed E-state index contributed by atoms with van der Waals surface area (Å²) in [6, 6.07) is 8.08. The van der Waals surface area contributed by atoms with Crippen LogP contribution in [-0.2, 0) is 18.3 Å². The zero-order valence-corrected chi connectivity index (χ0v) is 17.3. The number of carbonyl (C=O) groups is 1. The Kier molecular flexibility index (Phi) is 4.11. The van der Waals surface area contributed by atoms with Gasteiger partial charge in [-0.15, -0.1) is 10.2 Å². The van der Waals surface area contributed by atoms with Crippen molar-refractivity contribution in [3.63, 3.8) is 0 Å². The molecule has 0 radical (unpaired) electrons. The molecule has 1 unspecified atom stereocenters. The highest BCUT2D eigenvalue weighted by molar-refractivity contribution is 6.01. The number of fused-ring (bicyclic) bond motifs is 3. The van der Waals surface area contributed by atoms with Gasteiger partial charge in [0.2, 0.25) is 5.91 Å². The van der Waals surface area contributed by atoms with Crippen molar-refractivity contribution in [1.82, 2.24) is 25.3 Å². The number of carbonyl (C=O) groups excluding carboxylic acids is 1. The Labute approximate surface area is 179 Å². The van der Waals surface area contributed by atoms with Crippen molar-refractivity contribution in [3.05, 3.63) is 42.2 Å². The normalized spacial score (nSPS) is 24.6. The van der Waals surface area contributed by atoms with E-state index in [0.29, 0.717) is 35.5 Å². The number of rotatable bonds is 3.